The summed E-state index contributed by atoms with van der Waals surface area (Å²) in [5.74, 6) is -2.05. The lowest BCUT2D eigenvalue weighted by Gasteiger charge is -2.09. The second-order valence-corrected chi connectivity index (χ2v) is 9.42. The largest absolute Gasteiger partial charge is 0.462 e. The quantitative estimate of drug-likeness (QED) is 0.442. The molecule has 3 N–H and O–H groups in total. The lowest BCUT2D eigenvalue weighted by atomic mass is 10.1. The van der Waals surface area contributed by atoms with Crippen LogP contribution >= 0.6 is 27.3 Å². The molecule has 1 saturated carbocycles. The Morgan fingerprint density at radius 2 is 2.00 bits per heavy atom. The summed E-state index contributed by atoms with van der Waals surface area (Å²) >= 11 is 3.86. The fourth-order valence-corrected chi connectivity index (χ4v) is 5.19. The number of hydrogen-bond donors (Lipinski definition) is 2. The topological polar surface area (TPSA) is 116 Å². The highest BCUT2D eigenvalue weighted by molar-refractivity contribution is 9.10. The van der Waals surface area contributed by atoms with Crippen LogP contribution in [0.25, 0.3) is 0 Å². The zero-order valence-electron chi connectivity index (χ0n) is 17.8. The maximum Gasteiger partial charge on any atom is 0.436 e. The van der Waals surface area contributed by atoms with Gasteiger partial charge in [-0.3, -0.25) is 14.3 Å². The molecule has 0 atom stereocenters. The number of hydrogen-bond acceptors (Lipinski definition) is 6. The number of rotatable bonds is 9. The Morgan fingerprint density at radius 1 is 1.33 bits per heavy atom. The third-order valence-corrected chi connectivity index (χ3v) is 6.98. The first-order valence-electron chi connectivity index (χ1n) is 10.2. The standard InChI is InChI=1S/C20H22BrF3N4O4S/c1-3-8-32-19(31)12-9(2)15(17(25)30)33-18(12)26-11(29)6-7-28-14(10-4-5-10)13(21)16(27-28)20(22,23)24/h10H,3-8H2,1-2H3,(H2,25,30)(H,26,29). The second kappa shape index (κ2) is 9.84. The minimum absolute atomic E-state index is 0.0375. The van der Waals surface area contributed by atoms with Crippen molar-refractivity contribution in [2.45, 2.75) is 58.2 Å². The predicted molar refractivity (Wildman–Crippen MR) is 118 cm³/mol. The van der Waals surface area contributed by atoms with Crippen molar-refractivity contribution < 1.29 is 32.3 Å². The Kier molecular flexibility index (Phi) is 7.52. The van der Waals surface area contributed by atoms with Crippen molar-refractivity contribution in [2.75, 3.05) is 11.9 Å². The van der Waals surface area contributed by atoms with E-state index in [0.29, 0.717) is 17.7 Å². The number of thiophene rings is 1. The summed E-state index contributed by atoms with van der Waals surface area (Å²) in [6, 6.07) is 0. The molecule has 2 amide bonds. The fourth-order valence-electron chi connectivity index (χ4n) is 3.30. The minimum atomic E-state index is -4.62. The number of aryl methyl sites for hydroxylation is 1. The van der Waals surface area contributed by atoms with E-state index in [4.69, 9.17) is 10.5 Å². The van der Waals surface area contributed by atoms with Gasteiger partial charge in [0, 0.05) is 12.3 Å². The van der Waals surface area contributed by atoms with Crippen molar-refractivity contribution in [3.05, 3.63) is 31.9 Å². The summed E-state index contributed by atoms with van der Waals surface area (Å²) in [5, 5.41) is 6.34. The zero-order chi connectivity index (χ0) is 24.5. The SMILES string of the molecule is CCCOC(=O)c1c(NC(=O)CCn2nc(C(F)(F)F)c(Br)c2C2CC2)sc(C(N)=O)c1C. The molecule has 2 heterocycles. The molecule has 0 unspecified atom stereocenters. The monoisotopic (exact) mass is 550 g/mol. The molecule has 2 aromatic rings. The first kappa shape index (κ1) is 25.2. The van der Waals surface area contributed by atoms with Crippen LogP contribution in [0.1, 0.15) is 75.5 Å². The molecule has 0 saturated heterocycles. The lowest BCUT2D eigenvalue weighted by Crippen LogP contribution is -2.18. The number of anilines is 1. The average molecular weight is 551 g/mol. The van der Waals surface area contributed by atoms with E-state index in [1.54, 1.807) is 0 Å². The highest BCUT2D eigenvalue weighted by Gasteiger charge is 2.41. The second-order valence-electron chi connectivity index (χ2n) is 7.60. The molecule has 0 aromatic carbocycles. The Morgan fingerprint density at radius 3 is 2.55 bits per heavy atom. The number of ether oxygens (including phenoxy) is 1. The van der Waals surface area contributed by atoms with Gasteiger partial charge < -0.3 is 15.8 Å². The van der Waals surface area contributed by atoms with Crippen LogP contribution in [0.4, 0.5) is 18.2 Å². The first-order chi connectivity index (χ1) is 15.5. The third kappa shape index (κ3) is 5.57. The highest BCUT2D eigenvalue weighted by atomic mass is 79.9. The van der Waals surface area contributed by atoms with E-state index in [1.165, 1.54) is 11.6 Å². The summed E-state index contributed by atoms with van der Waals surface area (Å²) in [5.41, 5.74) is 5.09. The van der Waals surface area contributed by atoms with Crippen LogP contribution in [0, 0.1) is 6.92 Å². The fraction of sp³-hybridized carbons (Fsp3) is 0.500. The molecule has 2 aromatic heterocycles. The molecule has 0 radical (unpaired) electrons. The molecule has 0 aliphatic heterocycles. The van der Waals surface area contributed by atoms with Gasteiger partial charge in [-0.1, -0.05) is 6.92 Å². The van der Waals surface area contributed by atoms with E-state index in [9.17, 15) is 27.6 Å². The van der Waals surface area contributed by atoms with Gasteiger partial charge in [-0.15, -0.1) is 11.3 Å². The smallest absolute Gasteiger partial charge is 0.436 e. The molecule has 0 spiro atoms. The molecule has 1 aliphatic rings. The molecule has 180 valence electrons. The molecule has 1 fully saturated rings. The van der Waals surface area contributed by atoms with E-state index < -0.39 is 29.7 Å². The van der Waals surface area contributed by atoms with Crippen LogP contribution in [0.2, 0.25) is 0 Å². The maximum atomic E-state index is 13.3. The van der Waals surface area contributed by atoms with Gasteiger partial charge in [-0.25, -0.2) is 4.79 Å². The number of nitrogens with zero attached hydrogens (tertiary/aromatic N) is 2. The Labute approximate surface area is 199 Å². The van der Waals surface area contributed by atoms with Gasteiger partial charge in [0.2, 0.25) is 5.91 Å². The van der Waals surface area contributed by atoms with E-state index in [0.717, 1.165) is 24.2 Å². The summed E-state index contributed by atoms with van der Waals surface area (Å²) in [6.45, 7) is 3.41. The van der Waals surface area contributed by atoms with E-state index in [2.05, 4.69) is 26.3 Å². The Balaban J connectivity index is 1.79. The number of alkyl halides is 3. The van der Waals surface area contributed by atoms with Crippen LogP contribution in [0.3, 0.4) is 0 Å². The number of esters is 1. The lowest BCUT2D eigenvalue weighted by molar-refractivity contribution is -0.142. The third-order valence-electron chi connectivity index (χ3n) is 4.98. The normalized spacial score (nSPS) is 13.8. The van der Waals surface area contributed by atoms with Gasteiger partial charge in [0.25, 0.3) is 5.91 Å². The van der Waals surface area contributed by atoms with Crippen LogP contribution in [-0.4, -0.2) is 34.2 Å². The van der Waals surface area contributed by atoms with Gasteiger partial charge in [-0.05, 0) is 47.7 Å². The van der Waals surface area contributed by atoms with E-state index >= 15 is 0 Å². The van der Waals surface area contributed by atoms with Crippen molar-refractivity contribution in [2.24, 2.45) is 5.73 Å². The number of nitrogens with one attached hydrogen (secondary N) is 1. The van der Waals surface area contributed by atoms with Gasteiger partial charge >= 0.3 is 12.1 Å². The molecular formula is C20H22BrF3N4O4S. The average Bonchev–Trinajstić information content (AvgIpc) is 3.42. The van der Waals surface area contributed by atoms with Crippen molar-refractivity contribution in [3.63, 3.8) is 0 Å². The number of primary amides is 1. The Bertz CT molecular complexity index is 1090. The molecule has 3 rings (SSSR count). The summed E-state index contributed by atoms with van der Waals surface area (Å²) in [7, 11) is 0. The molecule has 33 heavy (non-hydrogen) atoms. The van der Waals surface area contributed by atoms with Gasteiger partial charge in [-0.2, -0.15) is 18.3 Å². The van der Waals surface area contributed by atoms with Crippen molar-refractivity contribution in [1.82, 2.24) is 9.78 Å². The zero-order valence-corrected chi connectivity index (χ0v) is 20.2. The minimum Gasteiger partial charge on any atom is -0.462 e. The van der Waals surface area contributed by atoms with Crippen LogP contribution in [-0.2, 0) is 22.3 Å². The number of carbonyl (C=O) groups is 3. The summed E-state index contributed by atoms with van der Waals surface area (Å²) in [6.07, 6.45) is -2.73. The van der Waals surface area contributed by atoms with Gasteiger partial charge in [0.15, 0.2) is 5.69 Å². The number of aromatic nitrogens is 2. The first-order valence-corrected chi connectivity index (χ1v) is 11.8. The van der Waals surface area contributed by atoms with E-state index in [-0.39, 0.29) is 45.4 Å². The van der Waals surface area contributed by atoms with Crippen molar-refractivity contribution >= 4 is 50.1 Å². The molecule has 13 heteroatoms. The molecular weight excluding hydrogens is 529 g/mol. The van der Waals surface area contributed by atoms with Crippen LogP contribution < -0.4 is 11.1 Å². The number of halogens is 4. The number of nitrogens with two attached hydrogens (primary N) is 1. The molecule has 0 bridgehead atoms. The van der Waals surface area contributed by atoms with Gasteiger partial charge in [0.05, 0.1) is 33.8 Å². The summed E-state index contributed by atoms with van der Waals surface area (Å²) < 4.78 is 46.0. The van der Waals surface area contributed by atoms with Crippen molar-refractivity contribution in [3.8, 4) is 0 Å². The molecule has 1 aliphatic carbocycles. The predicted octanol–water partition coefficient (Wildman–Crippen LogP) is 4.61. The highest BCUT2D eigenvalue weighted by Crippen LogP contribution is 2.47. The van der Waals surface area contributed by atoms with E-state index in [1.807, 2.05) is 6.92 Å². The van der Waals surface area contributed by atoms with Crippen LogP contribution in [0.5, 0.6) is 0 Å². The number of amides is 2. The summed E-state index contributed by atoms with van der Waals surface area (Å²) in [4.78, 5) is 36.9. The molecule has 8 nitrogen and oxygen atoms in total. The number of carbonyl (C=O) groups excluding carboxylic acids is 3. The Hall–Kier alpha value is -2.41. The van der Waals surface area contributed by atoms with Crippen molar-refractivity contribution in [1.29, 1.82) is 0 Å². The van der Waals surface area contributed by atoms with Gasteiger partial charge in [0.1, 0.15) is 5.00 Å². The van der Waals surface area contributed by atoms with Crippen LogP contribution in [0.15, 0.2) is 4.47 Å². The maximum absolute atomic E-state index is 13.3.